The van der Waals surface area contributed by atoms with Crippen molar-refractivity contribution in [2.75, 3.05) is 6.61 Å². The molecular formula is C16H22F3N3O. The van der Waals surface area contributed by atoms with Crippen LogP contribution < -0.4 is 0 Å². The number of hydrogen-bond donors (Lipinski definition) is 1. The quantitative estimate of drug-likeness (QED) is 0.923. The van der Waals surface area contributed by atoms with Crippen molar-refractivity contribution in [2.45, 2.75) is 64.3 Å². The number of rotatable bonds is 4. The van der Waals surface area contributed by atoms with E-state index in [-0.39, 0.29) is 12.0 Å². The second-order valence-corrected chi connectivity index (χ2v) is 6.80. The third-order valence-corrected chi connectivity index (χ3v) is 5.70. The number of aryl methyl sites for hydroxylation is 1. The van der Waals surface area contributed by atoms with Crippen molar-refractivity contribution in [3.05, 3.63) is 23.3 Å². The highest BCUT2D eigenvalue weighted by Crippen LogP contribution is 2.51. The number of nitrogens with zero attached hydrogens (tertiary/aromatic N) is 3. The molecule has 2 fully saturated rings. The molecule has 1 N–H and O–H groups in total. The number of halogens is 3. The molecule has 0 aromatic carbocycles. The molecule has 2 aliphatic heterocycles. The van der Waals surface area contributed by atoms with Crippen molar-refractivity contribution in [3.8, 4) is 0 Å². The highest BCUT2D eigenvalue weighted by atomic mass is 19.4. The molecule has 7 heteroatoms. The van der Waals surface area contributed by atoms with E-state index in [1.165, 1.54) is 6.20 Å². The monoisotopic (exact) mass is 329 g/mol. The third kappa shape index (κ3) is 2.74. The average molecular weight is 329 g/mol. The predicted octanol–water partition coefficient (Wildman–Crippen LogP) is 2.93. The lowest BCUT2D eigenvalue weighted by atomic mass is 9.72. The summed E-state index contributed by atoms with van der Waals surface area (Å²) in [4.78, 5) is 9.44. The van der Waals surface area contributed by atoms with E-state index in [0.29, 0.717) is 24.3 Å². The molecule has 1 aromatic rings. The molecule has 3 heterocycles. The Kier molecular flexibility index (Phi) is 4.13. The van der Waals surface area contributed by atoms with Gasteiger partial charge in [-0.1, -0.05) is 6.92 Å². The molecule has 0 saturated carbocycles. The Balaban J connectivity index is 1.81. The van der Waals surface area contributed by atoms with Gasteiger partial charge in [-0.05, 0) is 32.6 Å². The van der Waals surface area contributed by atoms with E-state index in [2.05, 4.69) is 21.8 Å². The molecule has 2 saturated heterocycles. The topological polar surface area (TPSA) is 49.2 Å². The molecule has 0 aliphatic carbocycles. The summed E-state index contributed by atoms with van der Waals surface area (Å²) in [6.07, 6.45) is 0.807. The van der Waals surface area contributed by atoms with Crippen molar-refractivity contribution in [1.82, 2.24) is 14.9 Å². The predicted molar refractivity (Wildman–Crippen MR) is 78.6 cm³/mol. The van der Waals surface area contributed by atoms with Crippen LogP contribution in [0.2, 0.25) is 0 Å². The summed E-state index contributed by atoms with van der Waals surface area (Å²) in [5, 5.41) is 9.83. The Labute approximate surface area is 133 Å². The van der Waals surface area contributed by atoms with Gasteiger partial charge in [0.25, 0.3) is 0 Å². The zero-order valence-electron chi connectivity index (χ0n) is 13.4. The van der Waals surface area contributed by atoms with Gasteiger partial charge in [0, 0.05) is 41.5 Å². The first-order valence-electron chi connectivity index (χ1n) is 8.07. The highest BCUT2D eigenvalue weighted by Gasteiger charge is 2.54. The second kappa shape index (κ2) is 5.70. The summed E-state index contributed by atoms with van der Waals surface area (Å²) in [6.45, 7) is 4.43. The van der Waals surface area contributed by atoms with Gasteiger partial charge in [-0.25, -0.2) is 9.97 Å². The molecule has 128 valence electrons. The Morgan fingerprint density at radius 3 is 2.65 bits per heavy atom. The molecule has 23 heavy (non-hydrogen) atoms. The zero-order valence-corrected chi connectivity index (χ0v) is 13.4. The molecule has 3 atom stereocenters. The maximum absolute atomic E-state index is 12.7. The van der Waals surface area contributed by atoms with Crippen molar-refractivity contribution >= 4 is 0 Å². The Morgan fingerprint density at radius 1 is 1.39 bits per heavy atom. The van der Waals surface area contributed by atoms with Crippen molar-refractivity contribution in [1.29, 1.82) is 0 Å². The summed E-state index contributed by atoms with van der Waals surface area (Å²) in [7, 11) is 0. The van der Waals surface area contributed by atoms with Gasteiger partial charge < -0.3 is 5.11 Å². The van der Waals surface area contributed by atoms with Gasteiger partial charge in [0.2, 0.25) is 5.82 Å². The largest absolute Gasteiger partial charge is 0.451 e. The van der Waals surface area contributed by atoms with E-state index < -0.39 is 12.0 Å². The first kappa shape index (κ1) is 16.6. The summed E-state index contributed by atoms with van der Waals surface area (Å²) in [5.74, 6) is -1.08. The molecule has 4 nitrogen and oxygen atoms in total. The zero-order chi connectivity index (χ0) is 16.8. The van der Waals surface area contributed by atoms with Crippen LogP contribution in [-0.4, -0.2) is 38.7 Å². The smallest absolute Gasteiger partial charge is 0.396 e. The Morgan fingerprint density at radius 2 is 2.13 bits per heavy atom. The third-order valence-electron chi connectivity index (χ3n) is 5.70. The first-order valence-corrected chi connectivity index (χ1v) is 8.07. The van der Waals surface area contributed by atoms with E-state index >= 15 is 0 Å². The van der Waals surface area contributed by atoms with Crippen molar-refractivity contribution in [3.63, 3.8) is 0 Å². The minimum Gasteiger partial charge on any atom is -0.396 e. The van der Waals surface area contributed by atoms with E-state index in [9.17, 15) is 18.3 Å². The van der Waals surface area contributed by atoms with Crippen LogP contribution in [0, 0.1) is 12.3 Å². The van der Waals surface area contributed by atoms with Gasteiger partial charge in [-0.3, -0.25) is 4.90 Å². The SMILES string of the molecule is CC[C@]1(CO)C[C@H]2CC[C@@H]1N2Cc1cnc(C(F)(F)F)nc1C. The number of aliphatic hydroxyl groups excluding tert-OH is 1. The maximum Gasteiger partial charge on any atom is 0.451 e. The molecule has 2 aliphatic rings. The lowest BCUT2D eigenvalue weighted by molar-refractivity contribution is -0.145. The fourth-order valence-corrected chi connectivity index (χ4v) is 4.30. The van der Waals surface area contributed by atoms with Crippen molar-refractivity contribution < 1.29 is 18.3 Å². The minimum absolute atomic E-state index is 0.0659. The number of hydrogen-bond acceptors (Lipinski definition) is 4. The number of fused-ring (bicyclic) bond motifs is 2. The Hall–Kier alpha value is -1.21. The molecule has 0 amide bonds. The van der Waals surface area contributed by atoms with E-state index in [0.717, 1.165) is 31.2 Å². The van der Waals surface area contributed by atoms with Crippen LogP contribution in [-0.2, 0) is 12.7 Å². The van der Waals surface area contributed by atoms with Gasteiger partial charge in [-0.2, -0.15) is 13.2 Å². The summed E-state index contributed by atoms with van der Waals surface area (Å²) < 4.78 is 38.0. The van der Waals surface area contributed by atoms with E-state index in [1.807, 2.05) is 0 Å². The van der Waals surface area contributed by atoms with Gasteiger partial charge in [-0.15, -0.1) is 0 Å². The van der Waals surface area contributed by atoms with E-state index in [4.69, 9.17) is 0 Å². The van der Waals surface area contributed by atoms with Crippen LogP contribution in [0.4, 0.5) is 13.2 Å². The molecule has 0 unspecified atom stereocenters. The summed E-state index contributed by atoms with van der Waals surface area (Å²) in [6, 6.07) is 0.693. The van der Waals surface area contributed by atoms with Crippen LogP contribution in [0.5, 0.6) is 0 Å². The molecule has 0 radical (unpaired) electrons. The normalized spacial score (nSPS) is 31.0. The highest BCUT2D eigenvalue weighted by molar-refractivity contribution is 5.19. The number of alkyl halides is 3. The number of aromatic nitrogens is 2. The first-order chi connectivity index (χ1) is 10.8. The fraction of sp³-hybridized carbons (Fsp3) is 0.750. The molecule has 3 rings (SSSR count). The van der Waals surface area contributed by atoms with Crippen LogP contribution in [0.25, 0.3) is 0 Å². The van der Waals surface area contributed by atoms with Gasteiger partial charge >= 0.3 is 6.18 Å². The van der Waals surface area contributed by atoms with Crippen molar-refractivity contribution in [2.24, 2.45) is 5.41 Å². The maximum atomic E-state index is 12.7. The van der Waals surface area contributed by atoms with Crippen LogP contribution in [0.3, 0.4) is 0 Å². The lowest BCUT2D eigenvalue weighted by Crippen LogP contribution is -2.39. The van der Waals surface area contributed by atoms with Crippen LogP contribution >= 0.6 is 0 Å². The van der Waals surface area contributed by atoms with Gasteiger partial charge in [0.15, 0.2) is 0 Å². The van der Waals surface area contributed by atoms with Gasteiger partial charge in [0.05, 0.1) is 6.61 Å². The molecular weight excluding hydrogens is 307 g/mol. The van der Waals surface area contributed by atoms with E-state index in [1.54, 1.807) is 6.92 Å². The summed E-state index contributed by atoms with van der Waals surface area (Å²) in [5.41, 5.74) is 1.05. The standard InChI is InChI=1S/C16H22F3N3O/c1-3-15(9-23)6-12-4-5-13(15)22(12)8-11-7-20-14(16(17,18)19)21-10(11)2/h7,12-13,23H,3-6,8-9H2,1-2H3/t12-,13+,15-/m1/s1. The van der Waals surface area contributed by atoms with Crippen LogP contribution in [0.15, 0.2) is 6.20 Å². The Bertz CT molecular complexity index is 586. The lowest BCUT2D eigenvalue weighted by Gasteiger charge is -2.35. The van der Waals surface area contributed by atoms with Gasteiger partial charge in [0.1, 0.15) is 0 Å². The average Bonchev–Trinajstić information content (AvgIpc) is 3.03. The molecule has 1 aromatic heterocycles. The fourth-order valence-electron chi connectivity index (χ4n) is 4.30. The van der Waals surface area contributed by atoms with Crippen LogP contribution in [0.1, 0.15) is 49.7 Å². The molecule has 0 spiro atoms. The number of aliphatic hydroxyl groups is 1. The summed E-state index contributed by atoms with van der Waals surface area (Å²) >= 11 is 0. The second-order valence-electron chi connectivity index (χ2n) is 6.80. The molecule has 2 bridgehead atoms. The minimum atomic E-state index is -4.51.